The average molecular weight is 379 g/mol. The minimum absolute atomic E-state index is 0.296. The number of carbonyl (C=O) groups is 2. The number of alkyl carbamates (subject to hydrolysis) is 2. The van der Waals surface area contributed by atoms with E-state index < -0.39 is 5.60 Å². The van der Waals surface area contributed by atoms with Crippen LogP contribution in [0.1, 0.15) is 64.9 Å². The molecule has 0 spiro atoms. The third-order valence-electron chi connectivity index (χ3n) is 3.75. The van der Waals surface area contributed by atoms with Gasteiger partial charge in [-0.2, -0.15) is 0 Å². The first-order valence-corrected chi connectivity index (χ1v) is 9.78. The number of rotatable bonds is 11. The number of ether oxygens (including phenoxy) is 2. The first kappa shape index (κ1) is 22.8. The lowest BCUT2D eigenvalue weighted by molar-refractivity contribution is 0.0527. The minimum Gasteiger partial charge on any atom is -0.445 e. The first-order valence-electron chi connectivity index (χ1n) is 9.78. The molecule has 6 nitrogen and oxygen atoms in total. The molecule has 0 aromatic heterocycles. The fourth-order valence-corrected chi connectivity index (χ4v) is 2.43. The Morgan fingerprint density at radius 2 is 1.33 bits per heavy atom. The van der Waals surface area contributed by atoms with Crippen LogP contribution in [0.2, 0.25) is 0 Å². The van der Waals surface area contributed by atoms with Crippen molar-refractivity contribution in [1.29, 1.82) is 0 Å². The van der Waals surface area contributed by atoms with Gasteiger partial charge in [-0.1, -0.05) is 56.0 Å². The van der Waals surface area contributed by atoms with E-state index in [1.54, 1.807) is 0 Å². The molecule has 2 N–H and O–H groups in total. The van der Waals surface area contributed by atoms with Gasteiger partial charge in [-0.05, 0) is 39.2 Å². The lowest BCUT2D eigenvalue weighted by atomic mass is 10.1. The quantitative estimate of drug-likeness (QED) is 0.543. The second-order valence-electron chi connectivity index (χ2n) is 7.54. The fourth-order valence-electron chi connectivity index (χ4n) is 2.43. The monoisotopic (exact) mass is 378 g/mol. The number of benzene rings is 1. The van der Waals surface area contributed by atoms with Gasteiger partial charge in [0.25, 0.3) is 0 Å². The van der Waals surface area contributed by atoms with Crippen LogP contribution in [-0.4, -0.2) is 30.9 Å². The Hall–Kier alpha value is -2.24. The molecule has 1 aromatic rings. The van der Waals surface area contributed by atoms with Gasteiger partial charge in [0.2, 0.25) is 0 Å². The molecule has 1 rings (SSSR count). The van der Waals surface area contributed by atoms with Crippen molar-refractivity contribution in [2.45, 2.75) is 71.5 Å². The number of nitrogens with one attached hydrogen (secondary N) is 2. The molecule has 1 aromatic carbocycles. The number of unbranched alkanes of at least 4 members (excludes halogenated alkanes) is 5. The maximum Gasteiger partial charge on any atom is 0.407 e. The van der Waals surface area contributed by atoms with Gasteiger partial charge in [0, 0.05) is 13.1 Å². The zero-order chi connectivity index (χ0) is 20.0. The summed E-state index contributed by atoms with van der Waals surface area (Å²) in [6.07, 6.45) is 5.54. The van der Waals surface area contributed by atoms with Crippen LogP contribution in [0.3, 0.4) is 0 Å². The van der Waals surface area contributed by atoms with Crippen molar-refractivity contribution in [2.75, 3.05) is 13.1 Å². The highest BCUT2D eigenvalue weighted by Gasteiger charge is 2.15. The zero-order valence-corrected chi connectivity index (χ0v) is 16.9. The maximum absolute atomic E-state index is 11.6. The van der Waals surface area contributed by atoms with Crippen molar-refractivity contribution >= 4 is 12.2 Å². The van der Waals surface area contributed by atoms with E-state index in [2.05, 4.69) is 10.6 Å². The Morgan fingerprint density at radius 1 is 0.815 bits per heavy atom. The van der Waals surface area contributed by atoms with Crippen molar-refractivity contribution in [2.24, 2.45) is 0 Å². The van der Waals surface area contributed by atoms with Crippen LogP contribution in [0, 0.1) is 0 Å². The lowest BCUT2D eigenvalue weighted by Crippen LogP contribution is -2.32. The summed E-state index contributed by atoms with van der Waals surface area (Å²) < 4.78 is 10.3. The van der Waals surface area contributed by atoms with Gasteiger partial charge in [-0.25, -0.2) is 9.59 Å². The highest BCUT2D eigenvalue weighted by molar-refractivity contribution is 5.67. The Bertz CT molecular complexity index is 541. The van der Waals surface area contributed by atoms with Crippen LogP contribution < -0.4 is 10.6 Å². The molecule has 2 amide bonds. The van der Waals surface area contributed by atoms with E-state index in [1.165, 1.54) is 0 Å². The summed E-state index contributed by atoms with van der Waals surface area (Å²) in [6, 6.07) is 9.63. The summed E-state index contributed by atoms with van der Waals surface area (Å²) in [4.78, 5) is 23.1. The zero-order valence-electron chi connectivity index (χ0n) is 16.9. The van der Waals surface area contributed by atoms with E-state index in [0.29, 0.717) is 19.7 Å². The van der Waals surface area contributed by atoms with E-state index in [0.717, 1.165) is 44.1 Å². The fraction of sp³-hybridized carbons (Fsp3) is 0.619. The predicted molar refractivity (Wildman–Crippen MR) is 107 cm³/mol. The molecule has 0 saturated heterocycles. The Kier molecular flexibility index (Phi) is 11.0. The molecule has 152 valence electrons. The molecule has 0 radical (unpaired) electrons. The molecule has 0 aliphatic carbocycles. The normalized spacial score (nSPS) is 10.9. The Morgan fingerprint density at radius 3 is 1.89 bits per heavy atom. The molecule has 0 aliphatic heterocycles. The molecule has 27 heavy (non-hydrogen) atoms. The summed E-state index contributed by atoms with van der Waals surface area (Å²) in [6.45, 7) is 7.13. The lowest BCUT2D eigenvalue weighted by Gasteiger charge is -2.19. The topological polar surface area (TPSA) is 76.7 Å². The molecule has 0 aliphatic rings. The number of hydrogen-bond donors (Lipinski definition) is 2. The second-order valence-corrected chi connectivity index (χ2v) is 7.54. The molecule has 0 atom stereocenters. The first-order chi connectivity index (χ1) is 12.9. The van der Waals surface area contributed by atoms with Crippen molar-refractivity contribution < 1.29 is 19.1 Å². The summed E-state index contributed by atoms with van der Waals surface area (Å²) in [5, 5.41) is 5.54. The van der Waals surface area contributed by atoms with Crippen LogP contribution in [-0.2, 0) is 16.1 Å². The van der Waals surface area contributed by atoms with Gasteiger partial charge < -0.3 is 20.1 Å². The maximum atomic E-state index is 11.6. The van der Waals surface area contributed by atoms with Gasteiger partial charge in [-0.15, -0.1) is 0 Å². The molecule has 0 fully saturated rings. The summed E-state index contributed by atoms with van der Waals surface area (Å²) in [7, 11) is 0. The second kappa shape index (κ2) is 13.0. The van der Waals surface area contributed by atoms with Crippen molar-refractivity contribution in [1.82, 2.24) is 10.6 Å². The van der Waals surface area contributed by atoms with Crippen LogP contribution in [0.25, 0.3) is 0 Å². The Labute approximate surface area is 163 Å². The van der Waals surface area contributed by atoms with E-state index in [1.807, 2.05) is 51.1 Å². The SMILES string of the molecule is CC(C)(C)OC(=O)NCCCCCCCCNC(=O)OCc1ccccc1. The minimum atomic E-state index is -0.452. The highest BCUT2D eigenvalue weighted by Crippen LogP contribution is 2.07. The molecular formula is C21H34N2O4. The summed E-state index contributed by atoms with van der Waals surface area (Å²) >= 11 is 0. The standard InChI is InChI=1S/C21H34N2O4/c1-21(2,3)27-20(25)23-16-12-7-5-4-6-11-15-22-19(24)26-17-18-13-9-8-10-14-18/h8-10,13-14H,4-7,11-12,15-17H2,1-3H3,(H,22,24)(H,23,25). The smallest absolute Gasteiger partial charge is 0.407 e. The van der Waals surface area contributed by atoms with Gasteiger partial charge in [-0.3, -0.25) is 0 Å². The van der Waals surface area contributed by atoms with E-state index in [4.69, 9.17) is 9.47 Å². The van der Waals surface area contributed by atoms with Crippen LogP contribution in [0.4, 0.5) is 9.59 Å². The van der Waals surface area contributed by atoms with Gasteiger partial charge in [0.1, 0.15) is 12.2 Å². The predicted octanol–water partition coefficient (Wildman–Crippen LogP) is 4.78. The average Bonchev–Trinajstić information content (AvgIpc) is 2.61. The number of hydrogen-bond acceptors (Lipinski definition) is 4. The summed E-state index contributed by atoms with van der Waals surface area (Å²) in [5.74, 6) is 0. The number of carbonyl (C=O) groups excluding carboxylic acids is 2. The van der Waals surface area contributed by atoms with Crippen LogP contribution in [0.5, 0.6) is 0 Å². The van der Waals surface area contributed by atoms with Crippen LogP contribution >= 0.6 is 0 Å². The molecule has 0 saturated carbocycles. The molecule has 0 heterocycles. The van der Waals surface area contributed by atoms with Crippen LogP contribution in [0.15, 0.2) is 30.3 Å². The third-order valence-corrected chi connectivity index (χ3v) is 3.75. The highest BCUT2D eigenvalue weighted by atomic mass is 16.6. The molecule has 0 unspecified atom stereocenters. The van der Waals surface area contributed by atoms with E-state index in [9.17, 15) is 9.59 Å². The van der Waals surface area contributed by atoms with Crippen molar-refractivity contribution in [3.63, 3.8) is 0 Å². The Balaban J connectivity index is 1.87. The molecule has 0 bridgehead atoms. The van der Waals surface area contributed by atoms with Crippen molar-refractivity contribution in [3.8, 4) is 0 Å². The van der Waals surface area contributed by atoms with Crippen molar-refractivity contribution in [3.05, 3.63) is 35.9 Å². The van der Waals surface area contributed by atoms with Gasteiger partial charge in [0.15, 0.2) is 0 Å². The van der Waals surface area contributed by atoms with Gasteiger partial charge >= 0.3 is 12.2 Å². The van der Waals surface area contributed by atoms with E-state index >= 15 is 0 Å². The molecular weight excluding hydrogens is 344 g/mol. The molecule has 6 heteroatoms. The number of amides is 2. The van der Waals surface area contributed by atoms with Gasteiger partial charge in [0.05, 0.1) is 0 Å². The largest absolute Gasteiger partial charge is 0.445 e. The van der Waals surface area contributed by atoms with E-state index in [-0.39, 0.29) is 12.2 Å². The summed E-state index contributed by atoms with van der Waals surface area (Å²) in [5.41, 5.74) is 0.528. The third kappa shape index (κ3) is 13.6.